The molecule has 2 saturated heterocycles. The van der Waals surface area contributed by atoms with Gasteiger partial charge in [0.05, 0.1) is 24.8 Å². The summed E-state index contributed by atoms with van der Waals surface area (Å²) in [5, 5.41) is 12.2. The Morgan fingerprint density at radius 2 is 2.33 bits per heavy atom. The Balaban J connectivity index is 1.52. The molecule has 5 rings (SSSR count). The van der Waals surface area contributed by atoms with Crippen LogP contribution in [0.3, 0.4) is 0 Å². The molecule has 2 aliphatic heterocycles. The molecule has 1 spiro atoms. The molecule has 124 valence electrons. The van der Waals surface area contributed by atoms with Crippen molar-refractivity contribution in [3.05, 3.63) is 48.7 Å². The highest BCUT2D eigenvalue weighted by molar-refractivity contribution is 5.84. The fourth-order valence-corrected chi connectivity index (χ4v) is 5.47. The monoisotopic (exact) mass is 322 g/mol. The fourth-order valence-electron chi connectivity index (χ4n) is 5.47. The lowest BCUT2D eigenvalue weighted by atomic mass is 9.61. The van der Waals surface area contributed by atoms with Crippen molar-refractivity contribution in [2.75, 3.05) is 13.7 Å². The van der Waals surface area contributed by atoms with E-state index in [0.29, 0.717) is 11.8 Å². The van der Waals surface area contributed by atoms with Crippen LogP contribution in [0.4, 0.5) is 0 Å². The van der Waals surface area contributed by atoms with Crippen LogP contribution in [0, 0.1) is 11.8 Å². The van der Waals surface area contributed by atoms with Crippen molar-refractivity contribution in [2.45, 2.75) is 30.5 Å². The quantitative estimate of drug-likeness (QED) is 0.694. The van der Waals surface area contributed by atoms with Crippen molar-refractivity contribution in [2.24, 2.45) is 11.8 Å². The summed E-state index contributed by atoms with van der Waals surface area (Å²) >= 11 is 0. The molecule has 4 nitrogen and oxygen atoms in total. The van der Waals surface area contributed by atoms with E-state index in [1.165, 1.54) is 6.42 Å². The maximum Gasteiger partial charge on any atom is 0.119 e. The number of aliphatic hydroxyl groups excluding tert-OH is 1. The molecule has 1 aromatic heterocycles. The van der Waals surface area contributed by atoms with Gasteiger partial charge in [0.2, 0.25) is 0 Å². The highest BCUT2D eigenvalue weighted by atomic mass is 16.5. The van der Waals surface area contributed by atoms with E-state index in [9.17, 15) is 5.11 Å². The lowest BCUT2D eigenvalue weighted by Crippen LogP contribution is -2.45. The predicted molar refractivity (Wildman–Crippen MR) is 92.9 cm³/mol. The Labute approximate surface area is 141 Å². The summed E-state index contributed by atoms with van der Waals surface area (Å²) in [6.07, 6.45) is 5.81. The van der Waals surface area contributed by atoms with Gasteiger partial charge >= 0.3 is 0 Å². The van der Waals surface area contributed by atoms with Gasteiger partial charge in [0.15, 0.2) is 0 Å². The molecule has 1 N–H and O–H groups in total. The van der Waals surface area contributed by atoms with Crippen LogP contribution in [0.2, 0.25) is 0 Å². The molecule has 3 aliphatic rings. The van der Waals surface area contributed by atoms with E-state index in [4.69, 9.17) is 4.74 Å². The highest BCUT2D eigenvalue weighted by Crippen LogP contribution is 2.69. The second-order valence-electron chi connectivity index (χ2n) is 7.36. The van der Waals surface area contributed by atoms with Gasteiger partial charge in [-0.3, -0.25) is 9.88 Å². The number of piperidine rings is 1. The SMILES string of the molecule is C=CC1CC23C1CCN2C3C(O)c1ccnc2ccc(OC)cc12. The lowest BCUT2D eigenvalue weighted by molar-refractivity contribution is 0.108. The van der Waals surface area contributed by atoms with Crippen LogP contribution < -0.4 is 4.74 Å². The van der Waals surface area contributed by atoms with Crippen molar-refractivity contribution in [3.8, 4) is 5.75 Å². The molecule has 3 fully saturated rings. The van der Waals surface area contributed by atoms with Crippen LogP contribution in [0.15, 0.2) is 43.1 Å². The largest absolute Gasteiger partial charge is 0.497 e. The zero-order valence-electron chi connectivity index (χ0n) is 13.9. The Morgan fingerprint density at radius 1 is 1.46 bits per heavy atom. The van der Waals surface area contributed by atoms with Gasteiger partial charge in [-0.15, -0.1) is 6.58 Å². The second kappa shape index (κ2) is 4.80. The minimum Gasteiger partial charge on any atom is -0.497 e. The third-order valence-electron chi connectivity index (χ3n) is 6.62. The van der Waals surface area contributed by atoms with Crippen molar-refractivity contribution < 1.29 is 9.84 Å². The molecule has 1 aliphatic carbocycles. The van der Waals surface area contributed by atoms with Crippen molar-refractivity contribution >= 4 is 10.9 Å². The molecule has 0 radical (unpaired) electrons. The number of aliphatic hydroxyl groups is 1. The molecule has 2 aromatic rings. The molecular weight excluding hydrogens is 300 g/mol. The topological polar surface area (TPSA) is 45.4 Å². The summed E-state index contributed by atoms with van der Waals surface area (Å²) in [5.41, 5.74) is 2.10. The Kier molecular flexibility index (Phi) is 2.89. The minimum atomic E-state index is -0.476. The summed E-state index contributed by atoms with van der Waals surface area (Å²) in [7, 11) is 1.66. The van der Waals surface area contributed by atoms with Gasteiger partial charge in [-0.1, -0.05) is 6.08 Å². The number of nitrogens with zero attached hydrogens (tertiary/aromatic N) is 2. The van der Waals surface area contributed by atoms with Crippen LogP contribution in [0.1, 0.15) is 24.5 Å². The van der Waals surface area contributed by atoms with Gasteiger partial charge in [-0.05, 0) is 61.1 Å². The molecule has 6 atom stereocenters. The molecular formula is C20H22N2O2. The summed E-state index contributed by atoms with van der Waals surface area (Å²) in [6.45, 7) is 5.08. The number of benzene rings is 1. The fraction of sp³-hybridized carbons (Fsp3) is 0.450. The number of allylic oxidation sites excluding steroid dienone is 1. The standard InChI is InChI=1S/C20H22N2O2/c1-3-12-11-20-16(12)7-9-22(20)19(20)18(23)14-6-8-21-17-5-4-13(24-2)10-15(14)17/h3-6,8,10,12,16,18-19,23H,1,7,9,11H2,2H3. The zero-order chi connectivity index (χ0) is 16.5. The normalized spacial score (nSPS) is 37.2. The number of methoxy groups -OCH3 is 1. The molecule has 1 aromatic carbocycles. The van der Waals surface area contributed by atoms with Crippen LogP contribution in [0.5, 0.6) is 5.75 Å². The number of aromatic nitrogens is 1. The highest BCUT2D eigenvalue weighted by Gasteiger charge is 2.77. The number of pyridine rings is 1. The first kappa shape index (κ1) is 14.4. The van der Waals surface area contributed by atoms with Crippen LogP contribution in [-0.2, 0) is 0 Å². The number of fused-ring (bicyclic) bond motifs is 1. The molecule has 0 amide bonds. The van der Waals surface area contributed by atoms with Crippen LogP contribution in [0.25, 0.3) is 10.9 Å². The van der Waals surface area contributed by atoms with E-state index >= 15 is 0 Å². The molecule has 6 unspecified atom stereocenters. The van der Waals surface area contributed by atoms with E-state index in [-0.39, 0.29) is 11.6 Å². The smallest absolute Gasteiger partial charge is 0.119 e. The van der Waals surface area contributed by atoms with Gasteiger partial charge in [-0.2, -0.15) is 0 Å². The van der Waals surface area contributed by atoms with E-state index in [2.05, 4.69) is 22.5 Å². The lowest BCUT2D eigenvalue weighted by Gasteiger charge is -2.42. The average molecular weight is 322 g/mol. The van der Waals surface area contributed by atoms with Crippen molar-refractivity contribution in [1.82, 2.24) is 9.88 Å². The van der Waals surface area contributed by atoms with Gasteiger partial charge in [0, 0.05) is 17.1 Å². The third-order valence-corrected chi connectivity index (χ3v) is 6.62. The van der Waals surface area contributed by atoms with E-state index < -0.39 is 6.10 Å². The van der Waals surface area contributed by atoms with Crippen molar-refractivity contribution in [3.63, 3.8) is 0 Å². The molecule has 3 heterocycles. The first-order valence-electron chi connectivity index (χ1n) is 8.70. The Hall–Kier alpha value is -1.91. The van der Waals surface area contributed by atoms with Gasteiger partial charge < -0.3 is 9.84 Å². The Bertz CT molecular complexity index is 835. The summed E-state index contributed by atoms with van der Waals surface area (Å²) in [5.74, 6) is 2.10. The minimum absolute atomic E-state index is 0.229. The number of hydrogen-bond donors (Lipinski definition) is 1. The second-order valence-corrected chi connectivity index (χ2v) is 7.36. The number of ether oxygens (including phenoxy) is 1. The first-order valence-corrected chi connectivity index (χ1v) is 8.70. The maximum atomic E-state index is 11.2. The van der Waals surface area contributed by atoms with Crippen LogP contribution >= 0.6 is 0 Å². The molecule has 24 heavy (non-hydrogen) atoms. The van der Waals surface area contributed by atoms with E-state index in [0.717, 1.165) is 35.2 Å². The summed E-state index contributed by atoms with van der Waals surface area (Å²) in [6, 6.07) is 8.05. The van der Waals surface area contributed by atoms with Gasteiger partial charge in [-0.25, -0.2) is 0 Å². The molecule has 0 bridgehead atoms. The van der Waals surface area contributed by atoms with E-state index in [1.807, 2.05) is 24.3 Å². The van der Waals surface area contributed by atoms with Gasteiger partial charge in [0.1, 0.15) is 5.75 Å². The maximum absolute atomic E-state index is 11.2. The third kappa shape index (κ3) is 1.63. The first-order chi connectivity index (χ1) is 11.7. The molecule has 4 heteroatoms. The summed E-state index contributed by atoms with van der Waals surface area (Å²) < 4.78 is 5.35. The Morgan fingerprint density at radius 3 is 3.12 bits per heavy atom. The molecule has 1 saturated carbocycles. The van der Waals surface area contributed by atoms with E-state index in [1.54, 1.807) is 13.3 Å². The van der Waals surface area contributed by atoms with Gasteiger partial charge in [0.25, 0.3) is 0 Å². The van der Waals surface area contributed by atoms with Crippen LogP contribution in [-0.4, -0.2) is 40.2 Å². The average Bonchev–Trinajstić information content (AvgIpc) is 3.19. The summed E-state index contributed by atoms with van der Waals surface area (Å²) in [4.78, 5) is 6.94. The van der Waals surface area contributed by atoms with Crippen molar-refractivity contribution in [1.29, 1.82) is 0 Å². The predicted octanol–water partition coefficient (Wildman–Crippen LogP) is 2.93. The number of hydrogen-bond acceptors (Lipinski definition) is 4. The zero-order valence-corrected chi connectivity index (χ0v) is 13.9. The number of rotatable bonds is 4.